The Hall–Kier alpha value is -2.43. The van der Waals surface area contributed by atoms with Crippen molar-refractivity contribution >= 4 is 28.6 Å². The fourth-order valence-corrected chi connectivity index (χ4v) is 4.85. The van der Waals surface area contributed by atoms with E-state index in [2.05, 4.69) is 6.92 Å². The second-order valence-electron chi connectivity index (χ2n) is 8.29. The Morgan fingerprint density at radius 3 is 2.76 bits per heavy atom. The number of aromatic nitrogens is 1. The van der Waals surface area contributed by atoms with E-state index in [1.807, 2.05) is 47.0 Å². The van der Waals surface area contributed by atoms with Crippen LogP contribution in [0, 0.1) is 11.3 Å². The predicted molar refractivity (Wildman–Crippen MR) is 117 cm³/mol. The van der Waals surface area contributed by atoms with Crippen LogP contribution in [0.4, 0.5) is 0 Å². The van der Waals surface area contributed by atoms with Crippen LogP contribution in [0.25, 0.3) is 16.8 Å². The molecule has 2 atom stereocenters. The van der Waals surface area contributed by atoms with Crippen molar-refractivity contribution in [2.45, 2.75) is 44.6 Å². The maximum absolute atomic E-state index is 13.2. The lowest BCUT2D eigenvalue weighted by atomic mass is 9.75. The molecule has 2 heterocycles. The number of carbonyl (C=O) groups is 1. The van der Waals surface area contributed by atoms with Crippen molar-refractivity contribution in [3.63, 3.8) is 0 Å². The molecule has 1 saturated carbocycles. The number of rotatable bonds is 5. The number of hydrogen-bond donors (Lipinski definition) is 2. The SMILES string of the molecule is CC1CCCC(O)(CC(=N)C(=O)c2cc(-c3ccccc3)n3cccc(Cl)c23)C1. The van der Waals surface area contributed by atoms with Crippen molar-refractivity contribution in [2.24, 2.45) is 5.92 Å². The van der Waals surface area contributed by atoms with Gasteiger partial charge in [0.25, 0.3) is 0 Å². The molecule has 0 radical (unpaired) electrons. The first-order chi connectivity index (χ1) is 13.9. The van der Waals surface area contributed by atoms with Gasteiger partial charge in [-0.3, -0.25) is 4.79 Å². The summed E-state index contributed by atoms with van der Waals surface area (Å²) in [6.07, 6.45) is 5.25. The van der Waals surface area contributed by atoms with Gasteiger partial charge in [-0.1, -0.05) is 61.7 Å². The molecule has 0 aliphatic heterocycles. The normalized spacial score (nSPS) is 22.0. The van der Waals surface area contributed by atoms with Crippen molar-refractivity contribution in [3.8, 4) is 11.3 Å². The van der Waals surface area contributed by atoms with Crippen molar-refractivity contribution in [2.75, 3.05) is 0 Å². The number of halogens is 1. The van der Waals surface area contributed by atoms with Crippen LogP contribution in [-0.2, 0) is 0 Å². The molecule has 0 saturated heterocycles. The average molecular weight is 409 g/mol. The number of nitrogens with zero attached hydrogens (tertiary/aromatic N) is 1. The number of benzene rings is 1. The fraction of sp³-hybridized carbons (Fsp3) is 0.333. The van der Waals surface area contributed by atoms with E-state index >= 15 is 0 Å². The lowest BCUT2D eigenvalue weighted by molar-refractivity contribution is -0.00650. The van der Waals surface area contributed by atoms with Gasteiger partial charge in [-0.25, -0.2) is 0 Å². The van der Waals surface area contributed by atoms with Crippen LogP contribution in [0.1, 0.15) is 49.4 Å². The molecule has 1 fully saturated rings. The number of nitrogens with one attached hydrogen (secondary N) is 1. The molecule has 1 aromatic carbocycles. The van der Waals surface area contributed by atoms with Crippen molar-refractivity contribution in [1.29, 1.82) is 5.41 Å². The summed E-state index contributed by atoms with van der Waals surface area (Å²) in [5.41, 5.74) is 1.80. The molecule has 2 aromatic heterocycles. The molecule has 0 spiro atoms. The summed E-state index contributed by atoms with van der Waals surface area (Å²) < 4.78 is 1.90. The summed E-state index contributed by atoms with van der Waals surface area (Å²) in [5, 5.41) is 19.9. The fourth-order valence-electron chi connectivity index (χ4n) is 4.59. The minimum atomic E-state index is -0.966. The summed E-state index contributed by atoms with van der Waals surface area (Å²) >= 11 is 6.46. The molecular weight excluding hydrogens is 384 g/mol. The van der Waals surface area contributed by atoms with E-state index in [4.69, 9.17) is 17.0 Å². The van der Waals surface area contributed by atoms with E-state index in [-0.39, 0.29) is 17.9 Å². The van der Waals surface area contributed by atoms with Crippen LogP contribution >= 0.6 is 11.6 Å². The van der Waals surface area contributed by atoms with Gasteiger partial charge in [-0.15, -0.1) is 0 Å². The molecule has 150 valence electrons. The Bertz CT molecular complexity index is 1070. The summed E-state index contributed by atoms with van der Waals surface area (Å²) in [6.45, 7) is 2.11. The monoisotopic (exact) mass is 408 g/mol. The summed E-state index contributed by atoms with van der Waals surface area (Å²) in [6, 6.07) is 15.2. The number of aliphatic hydroxyl groups is 1. The third-order valence-electron chi connectivity index (χ3n) is 5.90. The quantitative estimate of drug-likeness (QED) is 0.414. The molecule has 1 aliphatic rings. The van der Waals surface area contributed by atoms with Gasteiger partial charge in [0, 0.05) is 12.6 Å². The first-order valence-corrected chi connectivity index (χ1v) is 10.5. The van der Waals surface area contributed by atoms with Gasteiger partial charge in [0.15, 0.2) is 0 Å². The second-order valence-corrected chi connectivity index (χ2v) is 8.70. The Morgan fingerprint density at radius 1 is 1.28 bits per heavy atom. The molecule has 0 bridgehead atoms. The Balaban J connectivity index is 1.72. The maximum Gasteiger partial charge on any atom is 0.208 e. The van der Waals surface area contributed by atoms with E-state index in [9.17, 15) is 9.90 Å². The largest absolute Gasteiger partial charge is 0.389 e. The lowest BCUT2D eigenvalue weighted by Crippen LogP contribution is -2.38. The molecule has 4 nitrogen and oxygen atoms in total. The van der Waals surface area contributed by atoms with Gasteiger partial charge >= 0.3 is 0 Å². The molecule has 29 heavy (non-hydrogen) atoms. The molecule has 0 amide bonds. The molecule has 5 heteroatoms. The van der Waals surface area contributed by atoms with Crippen LogP contribution < -0.4 is 0 Å². The molecule has 1 aliphatic carbocycles. The predicted octanol–water partition coefficient (Wildman–Crippen LogP) is 5.79. The van der Waals surface area contributed by atoms with Gasteiger partial charge < -0.3 is 14.9 Å². The molecule has 3 aromatic rings. The smallest absolute Gasteiger partial charge is 0.208 e. The van der Waals surface area contributed by atoms with Crippen LogP contribution in [0.2, 0.25) is 5.02 Å². The van der Waals surface area contributed by atoms with Gasteiger partial charge in [-0.05, 0) is 42.5 Å². The minimum absolute atomic E-state index is 0.0615. The molecule has 2 unspecified atom stereocenters. The highest BCUT2D eigenvalue weighted by molar-refractivity contribution is 6.48. The van der Waals surface area contributed by atoms with Gasteiger partial charge in [-0.2, -0.15) is 0 Å². The number of hydrogen-bond acceptors (Lipinski definition) is 3. The van der Waals surface area contributed by atoms with E-state index in [1.165, 1.54) is 0 Å². The summed E-state index contributed by atoms with van der Waals surface area (Å²) in [7, 11) is 0. The van der Waals surface area contributed by atoms with Crippen LogP contribution in [0.5, 0.6) is 0 Å². The molecule has 4 rings (SSSR count). The van der Waals surface area contributed by atoms with E-state index < -0.39 is 5.60 Å². The molecule has 2 N–H and O–H groups in total. The lowest BCUT2D eigenvalue weighted by Gasteiger charge is -2.35. The zero-order valence-corrected chi connectivity index (χ0v) is 17.2. The topological polar surface area (TPSA) is 65.6 Å². The first kappa shape index (κ1) is 19.9. The number of ketones is 1. The van der Waals surface area contributed by atoms with Crippen LogP contribution in [0.3, 0.4) is 0 Å². The highest BCUT2D eigenvalue weighted by Gasteiger charge is 2.35. The zero-order chi connectivity index (χ0) is 20.6. The van der Waals surface area contributed by atoms with Crippen molar-refractivity contribution in [1.82, 2.24) is 4.40 Å². The second kappa shape index (κ2) is 7.77. The van der Waals surface area contributed by atoms with Crippen molar-refractivity contribution in [3.05, 3.63) is 65.3 Å². The van der Waals surface area contributed by atoms with Gasteiger partial charge in [0.2, 0.25) is 5.78 Å². The summed E-state index contributed by atoms with van der Waals surface area (Å²) in [5.74, 6) is 0.0375. The third kappa shape index (κ3) is 3.87. The Kier molecular flexibility index (Phi) is 5.32. The third-order valence-corrected chi connectivity index (χ3v) is 6.21. The minimum Gasteiger partial charge on any atom is -0.389 e. The van der Waals surface area contributed by atoms with Crippen LogP contribution in [-0.4, -0.2) is 26.6 Å². The zero-order valence-electron chi connectivity index (χ0n) is 16.5. The number of Topliss-reactive ketones (excluding diaryl/α,β-unsaturated/α-hetero) is 1. The number of carbonyl (C=O) groups excluding carboxylic acids is 1. The number of fused-ring (bicyclic) bond motifs is 1. The van der Waals surface area contributed by atoms with E-state index in [1.54, 1.807) is 12.1 Å². The first-order valence-electron chi connectivity index (χ1n) is 10.1. The highest BCUT2D eigenvalue weighted by atomic mass is 35.5. The number of pyridine rings is 1. The van der Waals surface area contributed by atoms with Crippen molar-refractivity contribution < 1.29 is 9.90 Å². The van der Waals surface area contributed by atoms with Crippen LogP contribution in [0.15, 0.2) is 54.7 Å². The summed E-state index contributed by atoms with van der Waals surface area (Å²) in [4.78, 5) is 13.2. The van der Waals surface area contributed by atoms with Gasteiger partial charge in [0.1, 0.15) is 0 Å². The van der Waals surface area contributed by atoms with Gasteiger partial charge in [0.05, 0.1) is 33.1 Å². The van der Waals surface area contributed by atoms with E-state index in [0.717, 1.165) is 24.1 Å². The maximum atomic E-state index is 13.2. The Morgan fingerprint density at radius 2 is 2.03 bits per heavy atom. The van der Waals surface area contributed by atoms with E-state index in [0.29, 0.717) is 34.9 Å². The Labute approximate surface area is 175 Å². The molecular formula is C24H25ClN2O2. The standard InChI is InChI=1S/C24H25ClN2O2/c1-16-7-5-11-24(29,14-16)15-20(26)23(28)18-13-21(17-8-3-2-4-9-17)27-12-6-10-19(25)22(18)27/h2-4,6,8-10,12-13,16,26,29H,5,7,11,14-15H2,1H3. The highest BCUT2D eigenvalue weighted by Crippen LogP contribution is 2.36. The average Bonchev–Trinajstić information content (AvgIpc) is 3.08.